The minimum absolute atomic E-state index is 0.0360. The summed E-state index contributed by atoms with van der Waals surface area (Å²) in [5.74, 6) is -0.415. The average Bonchev–Trinajstić information content (AvgIpc) is 2.78. The van der Waals surface area contributed by atoms with E-state index in [0.29, 0.717) is 16.7 Å². The number of nitrogens with zero attached hydrogens (tertiary/aromatic N) is 4. The van der Waals surface area contributed by atoms with Crippen LogP contribution in [0.4, 0.5) is 0 Å². The fourth-order valence-corrected chi connectivity index (χ4v) is 3.57. The first-order valence-corrected chi connectivity index (χ1v) is 10.2. The summed E-state index contributed by atoms with van der Waals surface area (Å²) in [7, 11) is 0. The molecule has 0 aromatic carbocycles. The van der Waals surface area contributed by atoms with Crippen molar-refractivity contribution in [1.82, 2.24) is 24.3 Å². The van der Waals surface area contributed by atoms with Gasteiger partial charge in [0.2, 0.25) is 0 Å². The molecule has 4 rings (SSSR count). The van der Waals surface area contributed by atoms with Crippen LogP contribution in [0.2, 0.25) is 0 Å². The lowest BCUT2D eigenvalue weighted by molar-refractivity contribution is 0.0948. The molecular formula is C23H24N6O2. The van der Waals surface area contributed by atoms with Crippen LogP contribution >= 0.6 is 0 Å². The Morgan fingerprint density at radius 3 is 2.81 bits per heavy atom. The molecule has 0 saturated carbocycles. The Hall–Kier alpha value is -3.81. The predicted octanol–water partition coefficient (Wildman–Crippen LogP) is 2.73. The Labute approximate surface area is 178 Å². The van der Waals surface area contributed by atoms with Crippen LogP contribution in [0.3, 0.4) is 0 Å². The summed E-state index contributed by atoms with van der Waals surface area (Å²) in [5, 5.41) is 11.9. The lowest BCUT2D eigenvalue weighted by Gasteiger charge is -2.19. The second kappa shape index (κ2) is 8.14. The molecular weight excluding hydrogens is 392 g/mol. The molecule has 0 aliphatic carbocycles. The van der Waals surface area contributed by atoms with Gasteiger partial charge in [-0.3, -0.25) is 24.4 Å². The Kier molecular flexibility index (Phi) is 5.37. The Morgan fingerprint density at radius 2 is 2.10 bits per heavy atom. The summed E-state index contributed by atoms with van der Waals surface area (Å²) >= 11 is 0. The summed E-state index contributed by atoms with van der Waals surface area (Å²) in [4.78, 5) is 35.0. The topological polar surface area (TPSA) is 105 Å². The molecule has 0 saturated heterocycles. The molecule has 0 aliphatic heterocycles. The predicted molar refractivity (Wildman–Crippen MR) is 118 cm³/mol. The molecule has 0 radical (unpaired) electrons. The van der Waals surface area contributed by atoms with E-state index in [2.05, 4.69) is 15.3 Å². The first-order valence-electron chi connectivity index (χ1n) is 10.2. The Morgan fingerprint density at radius 1 is 1.29 bits per heavy atom. The van der Waals surface area contributed by atoms with Gasteiger partial charge in [0.25, 0.3) is 11.5 Å². The zero-order valence-electron chi connectivity index (χ0n) is 17.7. The highest BCUT2D eigenvalue weighted by Crippen LogP contribution is 2.17. The molecule has 1 amide bonds. The van der Waals surface area contributed by atoms with Crippen molar-refractivity contribution in [1.29, 1.82) is 5.41 Å². The van der Waals surface area contributed by atoms with Crippen molar-refractivity contribution in [3.05, 3.63) is 81.5 Å². The second-order valence-corrected chi connectivity index (χ2v) is 7.67. The van der Waals surface area contributed by atoms with Crippen LogP contribution in [0.5, 0.6) is 0 Å². The molecule has 8 nitrogen and oxygen atoms in total. The monoisotopic (exact) mass is 416 g/mol. The maximum Gasteiger partial charge on any atom is 0.267 e. The van der Waals surface area contributed by atoms with Crippen molar-refractivity contribution in [3.8, 4) is 0 Å². The average molecular weight is 416 g/mol. The number of pyridine rings is 3. The SMILES string of the molecule is CC[C@@H](C)n1c(=N)c(C(=O)NCc2cccnc2)cc2c(=O)n3cc(C)ccc3nc21. The standard InChI is InChI=1S/C23H24N6O2/c1-4-15(3)29-20(24)17(22(30)26-12-16-6-5-9-25-11-16)10-18-21(29)27-19-8-7-14(2)13-28(19)23(18)31/h5-11,13,15,24H,4,12H2,1-3H3,(H,26,30)/t15-/m1/s1. The quantitative estimate of drug-likeness (QED) is 0.488. The Balaban J connectivity index is 1.91. The van der Waals surface area contributed by atoms with E-state index in [9.17, 15) is 9.59 Å². The first-order chi connectivity index (χ1) is 14.9. The summed E-state index contributed by atoms with van der Waals surface area (Å²) in [5.41, 5.74) is 2.61. The number of aryl methyl sites for hydroxylation is 1. The highest BCUT2D eigenvalue weighted by molar-refractivity contribution is 5.96. The van der Waals surface area contributed by atoms with Crippen molar-refractivity contribution >= 4 is 22.6 Å². The molecule has 0 unspecified atom stereocenters. The van der Waals surface area contributed by atoms with E-state index in [-0.39, 0.29) is 29.2 Å². The van der Waals surface area contributed by atoms with E-state index >= 15 is 0 Å². The molecule has 4 aromatic rings. The number of rotatable bonds is 5. The van der Waals surface area contributed by atoms with Gasteiger partial charge in [-0.2, -0.15) is 0 Å². The fourth-order valence-electron chi connectivity index (χ4n) is 3.57. The largest absolute Gasteiger partial charge is 0.348 e. The number of carbonyl (C=O) groups is 1. The third kappa shape index (κ3) is 3.72. The van der Waals surface area contributed by atoms with Crippen molar-refractivity contribution in [2.75, 3.05) is 0 Å². The smallest absolute Gasteiger partial charge is 0.267 e. The van der Waals surface area contributed by atoms with E-state index in [4.69, 9.17) is 5.41 Å². The third-order valence-corrected chi connectivity index (χ3v) is 5.45. The van der Waals surface area contributed by atoms with E-state index in [1.807, 2.05) is 32.9 Å². The van der Waals surface area contributed by atoms with Crippen LogP contribution in [0.1, 0.15) is 47.8 Å². The lowest BCUT2D eigenvalue weighted by Crippen LogP contribution is -2.35. The van der Waals surface area contributed by atoms with Crippen LogP contribution in [0, 0.1) is 12.3 Å². The first kappa shape index (κ1) is 20.5. The normalized spacial score (nSPS) is 12.2. The number of amides is 1. The van der Waals surface area contributed by atoms with Gasteiger partial charge < -0.3 is 9.88 Å². The number of aromatic nitrogens is 4. The summed E-state index contributed by atoms with van der Waals surface area (Å²) in [6, 6.07) is 8.71. The molecule has 1 atom stereocenters. The maximum absolute atomic E-state index is 13.3. The molecule has 4 aromatic heterocycles. The summed E-state index contributed by atoms with van der Waals surface area (Å²) in [6.45, 7) is 6.13. The number of carbonyl (C=O) groups excluding carboxylic acids is 1. The van der Waals surface area contributed by atoms with Gasteiger partial charge in [-0.1, -0.05) is 19.1 Å². The maximum atomic E-state index is 13.3. The number of hydrogen-bond donors (Lipinski definition) is 2. The van der Waals surface area contributed by atoms with Crippen molar-refractivity contribution < 1.29 is 4.79 Å². The van der Waals surface area contributed by atoms with Gasteiger partial charge in [0.15, 0.2) is 0 Å². The van der Waals surface area contributed by atoms with Crippen LogP contribution < -0.4 is 16.4 Å². The molecule has 8 heteroatoms. The van der Waals surface area contributed by atoms with E-state index in [0.717, 1.165) is 17.5 Å². The zero-order valence-corrected chi connectivity index (χ0v) is 17.7. The summed E-state index contributed by atoms with van der Waals surface area (Å²) in [6.07, 6.45) is 5.79. The van der Waals surface area contributed by atoms with Gasteiger partial charge in [0, 0.05) is 31.2 Å². The zero-order chi connectivity index (χ0) is 22.1. The fraction of sp³-hybridized carbons (Fsp3) is 0.261. The minimum Gasteiger partial charge on any atom is -0.348 e. The minimum atomic E-state index is -0.415. The Bertz CT molecular complexity index is 1410. The second-order valence-electron chi connectivity index (χ2n) is 7.67. The van der Waals surface area contributed by atoms with Crippen LogP contribution in [0.15, 0.2) is 53.7 Å². The van der Waals surface area contributed by atoms with Gasteiger partial charge in [-0.05, 0) is 49.6 Å². The summed E-state index contributed by atoms with van der Waals surface area (Å²) < 4.78 is 3.16. The van der Waals surface area contributed by atoms with Gasteiger partial charge in [-0.25, -0.2) is 4.98 Å². The molecule has 31 heavy (non-hydrogen) atoms. The molecule has 0 bridgehead atoms. The highest BCUT2D eigenvalue weighted by atomic mass is 16.1. The molecule has 0 fully saturated rings. The van der Waals surface area contributed by atoms with Crippen molar-refractivity contribution in [3.63, 3.8) is 0 Å². The van der Waals surface area contributed by atoms with Crippen molar-refractivity contribution in [2.24, 2.45) is 0 Å². The molecule has 0 spiro atoms. The van der Waals surface area contributed by atoms with E-state index in [1.54, 1.807) is 35.3 Å². The lowest BCUT2D eigenvalue weighted by atomic mass is 10.1. The third-order valence-electron chi connectivity index (χ3n) is 5.45. The molecule has 158 valence electrons. The molecule has 0 aliphatic rings. The highest BCUT2D eigenvalue weighted by Gasteiger charge is 2.19. The van der Waals surface area contributed by atoms with Crippen LogP contribution in [0.25, 0.3) is 16.7 Å². The van der Waals surface area contributed by atoms with Crippen molar-refractivity contribution in [2.45, 2.75) is 39.8 Å². The number of nitrogens with one attached hydrogen (secondary N) is 2. The number of fused-ring (bicyclic) bond motifs is 2. The van der Waals surface area contributed by atoms with Crippen LogP contribution in [-0.4, -0.2) is 24.8 Å². The van der Waals surface area contributed by atoms with Crippen LogP contribution in [-0.2, 0) is 6.54 Å². The van der Waals surface area contributed by atoms with Gasteiger partial charge in [0.05, 0.1) is 10.9 Å². The molecule has 2 N–H and O–H groups in total. The van der Waals surface area contributed by atoms with Gasteiger partial charge >= 0.3 is 0 Å². The van der Waals surface area contributed by atoms with Gasteiger partial charge in [0.1, 0.15) is 16.8 Å². The number of hydrogen-bond acceptors (Lipinski definition) is 5. The van der Waals surface area contributed by atoms with Gasteiger partial charge in [-0.15, -0.1) is 0 Å². The van der Waals surface area contributed by atoms with E-state index < -0.39 is 5.91 Å². The molecule has 4 heterocycles. The van der Waals surface area contributed by atoms with E-state index in [1.165, 1.54) is 10.5 Å².